The Morgan fingerprint density at radius 1 is 0.283 bits per heavy atom. The number of nitrogens with zero attached hydrogens (tertiary/aromatic N) is 4. The van der Waals surface area contributed by atoms with Crippen LogP contribution in [0.2, 0.25) is 0 Å². The summed E-state index contributed by atoms with van der Waals surface area (Å²) in [6.07, 6.45) is 0. The topological polar surface area (TPSA) is 62.5 Å². The van der Waals surface area contributed by atoms with Crippen LogP contribution in [0.15, 0.2) is 206 Å². The molecule has 0 unspecified atom stereocenters. The van der Waals surface area contributed by atoms with Crippen LogP contribution in [-0.2, 0) is 0 Å². The number of nitriles is 1. The van der Waals surface area contributed by atoms with Gasteiger partial charge in [0.15, 0.2) is 17.5 Å². The summed E-state index contributed by atoms with van der Waals surface area (Å²) in [5, 5.41) is 13.2. The van der Waals surface area contributed by atoms with Gasteiger partial charge in [0, 0.05) is 22.3 Å². The Balaban J connectivity index is 0.955. The molecule has 0 N–H and O–H groups in total. The molecular formula is C56H34N4. The zero-order chi connectivity index (χ0) is 40.0. The highest BCUT2D eigenvalue weighted by atomic mass is 15.0. The van der Waals surface area contributed by atoms with Crippen molar-refractivity contribution in [1.29, 1.82) is 5.26 Å². The van der Waals surface area contributed by atoms with Gasteiger partial charge < -0.3 is 0 Å². The van der Waals surface area contributed by atoms with Crippen molar-refractivity contribution >= 4 is 10.8 Å². The Labute approximate surface area is 348 Å². The second-order valence-corrected chi connectivity index (χ2v) is 15.0. The van der Waals surface area contributed by atoms with E-state index < -0.39 is 0 Å². The Bertz CT molecular complexity index is 3220. The molecule has 1 aliphatic carbocycles. The van der Waals surface area contributed by atoms with Crippen molar-refractivity contribution in [3.63, 3.8) is 0 Å². The molecule has 1 aromatic heterocycles. The molecule has 1 heterocycles. The maximum Gasteiger partial charge on any atom is 0.164 e. The van der Waals surface area contributed by atoms with Crippen LogP contribution in [-0.4, -0.2) is 15.0 Å². The Hall–Kier alpha value is -8.26. The third-order valence-corrected chi connectivity index (χ3v) is 11.6. The van der Waals surface area contributed by atoms with Crippen LogP contribution >= 0.6 is 0 Å². The van der Waals surface area contributed by atoms with Gasteiger partial charge in [0.25, 0.3) is 0 Å². The monoisotopic (exact) mass is 762 g/mol. The van der Waals surface area contributed by atoms with Gasteiger partial charge in [-0.3, -0.25) is 0 Å². The van der Waals surface area contributed by atoms with E-state index in [9.17, 15) is 5.26 Å². The number of hydrogen-bond acceptors (Lipinski definition) is 4. The van der Waals surface area contributed by atoms with E-state index in [1.807, 2.05) is 66.7 Å². The largest absolute Gasteiger partial charge is 0.208 e. The summed E-state index contributed by atoms with van der Waals surface area (Å²) in [7, 11) is 0. The number of aromatic nitrogens is 3. The van der Waals surface area contributed by atoms with E-state index in [4.69, 9.17) is 15.0 Å². The lowest BCUT2D eigenvalue weighted by atomic mass is 9.87. The molecule has 9 aromatic carbocycles. The summed E-state index contributed by atoms with van der Waals surface area (Å²) in [4.78, 5) is 14.7. The third kappa shape index (κ3) is 5.97. The van der Waals surface area contributed by atoms with Gasteiger partial charge in [-0.2, -0.15) is 5.26 Å². The Morgan fingerprint density at radius 2 is 0.667 bits per heavy atom. The lowest BCUT2D eigenvalue weighted by molar-refractivity contribution is 1.07. The first-order chi connectivity index (χ1) is 29.7. The average molecular weight is 763 g/mol. The minimum Gasteiger partial charge on any atom is -0.208 e. The molecule has 4 heteroatoms. The SMILES string of the molecule is N#Cc1cc(-c2ccccc2-c2ccc(-c3nc(-c4ccccc4)nc(-c4ccccc4)n3)cc2)ccc1-c1ccccc1-c1ccc2c3c(cccc13)-c1ccccc1-2. The molecule has 11 rings (SSSR count). The maximum absolute atomic E-state index is 10.7. The van der Waals surface area contributed by atoms with Crippen LogP contribution in [0.4, 0.5) is 0 Å². The van der Waals surface area contributed by atoms with E-state index >= 15 is 0 Å². The van der Waals surface area contributed by atoms with Gasteiger partial charge in [-0.15, -0.1) is 0 Å². The fourth-order valence-corrected chi connectivity index (χ4v) is 8.76. The molecule has 4 nitrogen and oxygen atoms in total. The summed E-state index contributed by atoms with van der Waals surface area (Å²) in [6, 6.07) is 73.9. The van der Waals surface area contributed by atoms with E-state index in [-0.39, 0.29) is 0 Å². The lowest BCUT2D eigenvalue weighted by Crippen LogP contribution is -2.00. The average Bonchev–Trinajstić information content (AvgIpc) is 3.66. The Kier molecular flexibility index (Phi) is 8.50. The van der Waals surface area contributed by atoms with Crippen molar-refractivity contribution in [1.82, 2.24) is 15.0 Å². The van der Waals surface area contributed by atoms with Gasteiger partial charge in [-0.1, -0.05) is 200 Å². The highest BCUT2D eigenvalue weighted by Gasteiger charge is 2.23. The van der Waals surface area contributed by atoms with Gasteiger partial charge >= 0.3 is 0 Å². The van der Waals surface area contributed by atoms with Crippen LogP contribution in [0, 0.1) is 11.3 Å². The second kappa shape index (κ2) is 14.6. The van der Waals surface area contributed by atoms with E-state index in [0.29, 0.717) is 23.0 Å². The molecule has 0 fully saturated rings. The molecule has 0 saturated heterocycles. The molecule has 0 radical (unpaired) electrons. The zero-order valence-electron chi connectivity index (χ0n) is 32.4. The molecule has 60 heavy (non-hydrogen) atoms. The Morgan fingerprint density at radius 3 is 1.23 bits per heavy atom. The smallest absolute Gasteiger partial charge is 0.164 e. The quantitative estimate of drug-likeness (QED) is 0.162. The highest BCUT2D eigenvalue weighted by Crippen LogP contribution is 2.50. The molecule has 0 aliphatic heterocycles. The normalized spacial score (nSPS) is 11.3. The van der Waals surface area contributed by atoms with E-state index in [2.05, 4.69) is 146 Å². The summed E-state index contributed by atoms with van der Waals surface area (Å²) < 4.78 is 0. The molecule has 0 amide bonds. The van der Waals surface area contributed by atoms with Gasteiger partial charge in [-0.25, -0.2) is 15.0 Å². The number of benzene rings is 9. The van der Waals surface area contributed by atoms with Crippen molar-refractivity contribution in [3.05, 3.63) is 212 Å². The van der Waals surface area contributed by atoms with Crippen molar-refractivity contribution in [2.75, 3.05) is 0 Å². The fourth-order valence-electron chi connectivity index (χ4n) is 8.76. The summed E-state index contributed by atoms with van der Waals surface area (Å²) in [5.74, 6) is 1.87. The van der Waals surface area contributed by atoms with Crippen LogP contribution in [0.5, 0.6) is 0 Å². The summed E-state index contributed by atoms with van der Waals surface area (Å²) >= 11 is 0. The van der Waals surface area contributed by atoms with Crippen molar-refractivity contribution < 1.29 is 0 Å². The molecule has 0 saturated carbocycles. The van der Waals surface area contributed by atoms with Crippen LogP contribution < -0.4 is 0 Å². The first-order valence-corrected chi connectivity index (χ1v) is 20.1. The number of hydrogen-bond donors (Lipinski definition) is 0. The van der Waals surface area contributed by atoms with Crippen molar-refractivity contribution in [3.8, 4) is 107 Å². The number of rotatable bonds is 7. The molecular weight excluding hydrogens is 729 g/mol. The minimum absolute atomic E-state index is 0.610. The van der Waals surface area contributed by atoms with Gasteiger partial charge in [0.05, 0.1) is 11.6 Å². The fraction of sp³-hybridized carbons (Fsp3) is 0. The van der Waals surface area contributed by atoms with Crippen LogP contribution in [0.3, 0.4) is 0 Å². The highest BCUT2D eigenvalue weighted by molar-refractivity contribution is 6.19. The first kappa shape index (κ1) is 34.9. The second-order valence-electron chi connectivity index (χ2n) is 15.0. The van der Waals surface area contributed by atoms with Gasteiger partial charge in [-0.05, 0) is 78.0 Å². The van der Waals surface area contributed by atoms with Crippen molar-refractivity contribution in [2.45, 2.75) is 0 Å². The van der Waals surface area contributed by atoms with Gasteiger partial charge in [0.2, 0.25) is 0 Å². The third-order valence-electron chi connectivity index (χ3n) is 11.6. The molecule has 10 aromatic rings. The molecule has 1 aliphatic rings. The van der Waals surface area contributed by atoms with Crippen LogP contribution in [0.25, 0.3) is 112 Å². The zero-order valence-corrected chi connectivity index (χ0v) is 32.4. The van der Waals surface area contributed by atoms with Gasteiger partial charge in [0.1, 0.15) is 0 Å². The van der Waals surface area contributed by atoms with Crippen molar-refractivity contribution in [2.24, 2.45) is 0 Å². The predicted molar refractivity (Wildman–Crippen MR) is 245 cm³/mol. The minimum atomic E-state index is 0.610. The number of fused-ring (bicyclic) bond motifs is 3. The molecule has 0 spiro atoms. The van der Waals surface area contributed by atoms with E-state index in [0.717, 1.165) is 61.2 Å². The lowest BCUT2D eigenvalue weighted by Gasteiger charge is -2.16. The summed E-state index contributed by atoms with van der Waals surface area (Å²) in [5.41, 5.74) is 16.8. The van der Waals surface area contributed by atoms with Crippen LogP contribution in [0.1, 0.15) is 5.56 Å². The maximum atomic E-state index is 10.7. The molecule has 0 atom stereocenters. The standard InChI is InChI=1S/C56H34N4/c57-35-41-34-40(30-31-44(41)45-20-9-10-21-46(45)49-32-33-52-48-23-12-11-22-47(48)50-24-13-25-51(49)53(50)52)43-19-8-7-18-42(43)36-26-28-39(29-27-36)56-59-54(37-14-3-1-4-15-37)58-55(60-56)38-16-5-2-6-17-38/h1-34H. The molecule has 0 bridgehead atoms. The first-order valence-electron chi connectivity index (χ1n) is 20.1. The molecule has 278 valence electrons. The van der Waals surface area contributed by atoms with E-state index in [1.165, 1.54) is 33.0 Å². The van der Waals surface area contributed by atoms with E-state index in [1.54, 1.807) is 0 Å². The predicted octanol–water partition coefficient (Wildman–Crippen LogP) is 14.2. The summed E-state index contributed by atoms with van der Waals surface area (Å²) in [6.45, 7) is 0.